The van der Waals surface area contributed by atoms with Gasteiger partial charge < -0.3 is 5.73 Å². The summed E-state index contributed by atoms with van der Waals surface area (Å²) in [5.41, 5.74) is 5.29. The van der Waals surface area contributed by atoms with E-state index in [4.69, 9.17) is 5.73 Å². The van der Waals surface area contributed by atoms with E-state index in [-0.39, 0.29) is 35.3 Å². The van der Waals surface area contributed by atoms with Gasteiger partial charge in [-0.2, -0.15) is 0 Å². The third kappa shape index (κ3) is 7.75. The van der Waals surface area contributed by atoms with E-state index in [0.717, 1.165) is 31.0 Å². The Kier molecular flexibility index (Phi) is 10.6. The Morgan fingerprint density at radius 3 is 2.31 bits per heavy atom. The Bertz CT molecular complexity index is 773. The minimum atomic E-state index is -3.94. The first-order valence-electron chi connectivity index (χ1n) is 8.17. The summed E-state index contributed by atoms with van der Waals surface area (Å²) in [6.07, 6.45) is 2.69. The first-order valence-corrected chi connectivity index (χ1v) is 11.3. The number of anilines is 1. The zero-order chi connectivity index (χ0) is 19.1. The van der Waals surface area contributed by atoms with Crippen molar-refractivity contribution in [3.05, 3.63) is 24.0 Å². The number of unbranched alkanes of at least 4 members (excludes halogenated alkanes) is 1. The molecule has 152 valence electrons. The van der Waals surface area contributed by atoms with Gasteiger partial charge in [-0.3, -0.25) is 4.72 Å². The van der Waals surface area contributed by atoms with E-state index in [1.807, 2.05) is 6.92 Å². The molecule has 0 aliphatic heterocycles. The topological polar surface area (TPSA) is 118 Å². The van der Waals surface area contributed by atoms with Gasteiger partial charge >= 0.3 is 0 Å². The van der Waals surface area contributed by atoms with Gasteiger partial charge in [0.05, 0.1) is 16.3 Å². The first-order chi connectivity index (χ1) is 11.6. The molecule has 1 atom stereocenters. The summed E-state index contributed by atoms with van der Waals surface area (Å²) in [4.78, 5) is -0.279. The first kappa shape index (κ1) is 25.1. The lowest BCUT2D eigenvalue weighted by Gasteiger charge is -2.17. The van der Waals surface area contributed by atoms with Crippen LogP contribution in [-0.2, 0) is 20.0 Å². The van der Waals surface area contributed by atoms with Gasteiger partial charge in [0.1, 0.15) is 5.82 Å². The number of hydrogen-bond donors (Lipinski definition) is 3. The summed E-state index contributed by atoms with van der Waals surface area (Å²) in [7, 11) is -7.60. The molecule has 0 bridgehead atoms. The van der Waals surface area contributed by atoms with Gasteiger partial charge in [0.15, 0.2) is 0 Å². The molecule has 0 aliphatic rings. The highest BCUT2D eigenvalue weighted by molar-refractivity contribution is 7.92. The average Bonchev–Trinajstić information content (AvgIpc) is 2.52. The minimum Gasteiger partial charge on any atom is -0.329 e. The summed E-state index contributed by atoms with van der Waals surface area (Å²) in [6.45, 7) is 3.80. The van der Waals surface area contributed by atoms with Crippen LogP contribution in [-0.4, -0.2) is 35.2 Å². The summed E-state index contributed by atoms with van der Waals surface area (Å²) < 4.78 is 66.8. The SMILES string of the molecule is CCCCC(CN)NS(=O)(=O)c1ccc(NS(=O)(=O)CCC)c(F)c1.Cl. The molecule has 1 aromatic rings. The molecule has 0 fully saturated rings. The Morgan fingerprint density at radius 2 is 1.81 bits per heavy atom. The number of sulfonamides is 2. The van der Waals surface area contributed by atoms with E-state index in [9.17, 15) is 21.2 Å². The average molecular weight is 432 g/mol. The molecule has 0 heterocycles. The van der Waals surface area contributed by atoms with Gasteiger partial charge in [-0.1, -0.05) is 26.7 Å². The van der Waals surface area contributed by atoms with Gasteiger partial charge in [-0.25, -0.2) is 25.9 Å². The monoisotopic (exact) mass is 431 g/mol. The normalized spacial score (nSPS) is 13.1. The van der Waals surface area contributed by atoms with Crippen LogP contribution in [0.15, 0.2) is 23.1 Å². The maximum Gasteiger partial charge on any atom is 0.240 e. The number of nitrogens with one attached hydrogen (secondary N) is 2. The number of rotatable bonds is 11. The molecule has 4 N–H and O–H groups in total. The largest absolute Gasteiger partial charge is 0.329 e. The minimum absolute atomic E-state index is 0. The van der Waals surface area contributed by atoms with Crippen LogP contribution in [0.4, 0.5) is 10.1 Å². The molecular formula is C15H27ClFN3O4S2. The van der Waals surface area contributed by atoms with E-state index in [1.165, 1.54) is 0 Å². The number of benzene rings is 1. The fourth-order valence-corrected chi connectivity index (χ4v) is 4.63. The fraction of sp³-hybridized carbons (Fsp3) is 0.600. The molecule has 1 rings (SSSR count). The molecule has 0 radical (unpaired) electrons. The third-order valence-corrected chi connectivity index (χ3v) is 6.50. The van der Waals surface area contributed by atoms with Crippen LogP contribution in [0.3, 0.4) is 0 Å². The van der Waals surface area contributed by atoms with Crippen molar-refractivity contribution in [1.82, 2.24) is 4.72 Å². The Morgan fingerprint density at radius 1 is 1.15 bits per heavy atom. The zero-order valence-corrected chi connectivity index (χ0v) is 17.3. The molecule has 1 aromatic carbocycles. The van der Waals surface area contributed by atoms with E-state index in [2.05, 4.69) is 9.44 Å². The van der Waals surface area contributed by atoms with Gasteiger partial charge in [0.25, 0.3) is 0 Å². The second kappa shape index (κ2) is 11.0. The van der Waals surface area contributed by atoms with Crippen molar-refractivity contribution >= 4 is 38.1 Å². The molecular weight excluding hydrogens is 405 g/mol. The maximum atomic E-state index is 14.1. The second-order valence-corrected chi connectivity index (χ2v) is 9.31. The molecule has 0 saturated carbocycles. The quantitative estimate of drug-likeness (QED) is 0.496. The maximum absolute atomic E-state index is 14.1. The standard InChI is InChI=1S/C15H26FN3O4S2.ClH/c1-3-5-6-12(11-17)18-25(22,23)13-7-8-15(14(16)10-13)19-24(20,21)9-4-2;/h7-8,10,12,18-19H,3-6,9,11,17H2,1-2H3;1H. The summed E-state index contributed by atoms with van der Waals surface area (Å²) in [5, 5.41) is 0. The van der Waals surface area contributed by atoms with Gasteiger partial charge in [0.2, 0.25) is 20.0 Å². The Labute approximate surface area is 161 Å². The number of halogens is 2. The molecule has 1 unspecified atom stereocenters. The highest BCUT2D eigenvalue weighted by atomic mass is 35.5. The molecule has 26 heavy (non-hydrogen) atoms. The van der Waals surface area contributed by atoms with Gasteiger partial charge in [0, 0.05) is 12.6 Å². The molecule has 0 amide bonds. The molecule has 0 aliphatic carbocycles. The predicted octanol–water partition coefficient (Wildman–Crippen LogP) is 2.19. The lowest BCUT2D eigenvalue weighted by molar-refractivity contribution is 0.515. The van der Waals surface area contributed by atoms with Crippen molar-refractivity contribution in [3.8, 4) is 0 Å². The molecule has 0 spiro atoms. The smallest absolute Gasteiger partial charge is 0.240 e. The highest BCUT2D eigenvalue weighted by Crippen LogP contribution is 2.20. The highest BCUT2D eigenvalue weighted by Gasteiger charge is 2.21. The zero-order valence-electron chi connectivity index (χ0n) is 14.9. The van der Waals surface area contributed by atoms with Crippen molar-refractivity contribution in [1.29, 1.82) is 0 Å². The predicted molar refractivity (Wildman–Crippen MR) is 104 cm³/mol. The van der Waals surface area contributed by atoms with Crippen molar-refractivity contribution in [2.24, 2.45) is 5.73 Å². The van der Waals surface area contributed by atoms with Crippen LogP contribution in [0.5, 0.6) is 0 Å². The van der Waals surface area contributed by atoms with Crippen molar-refractivity contribution < 1.29 is 21.2 Å². The van der Waals surface area contributed by atoms with E-state index >= 15 is 0 Å². The number of hydrogen-bond acceptors (Lipinski definition) is 5. The molecule has 0 aromatic heterocycles. The Hall–Kier alpha value is -0.940. The van der Waals surface area contributed by atoms with E-state index < -0.39 is 31.9 Å². The molecule has 0 saturated heterocycles. The van der Waals surface area contributed by atoms with Crippen LogP contribution in [0.25, 0.3) is 0 Å². The lowest BCUT2D eigenvalue weighted by Crippen LogP contribution is -2.40. The molecule has 11 heteroatoms. The third-order valence-electron chi connectivity index (χ3n) is 3.50. The summed E-state index contributed by atoms with van der Waals surface area (Å²) >= 11 is 0. The second-order valence-electron chi connectivity index (χ2n) is 5.76. The lowest BCUT2D eigenvalue weighted by atomic mass is 10.1. The Balaban J connectivity index is 0.00000625. The van der Waals surface area contributed by atoms with Crippen LogP contribution >= 0.6 is 12.4 Å². The van der Waals surface area contributed by atoms with Crippen LogP contribution < -0.4 is 15.2 Å². The van der Waals surface area contributed by atoms with Crippen molar-refractivity contribution in [2.45, 2.75) is 50.5 Å². The summed E-state index contributed by atoms with van der Waals surface area (Å²) in [5.74, 6) is -1.11. The fourth-order valence-electron chi connectivity index (χ4n) is 2.20. The van der Waals surface area contributed by atoms with Crippen LogP contribution in [0.1, 0.15) is 39.5 Å². The number of nitrogens with two attached hydrogens (primary N) is 1. The van der Waals surface area contributed by atoms with Gasteiger partial charge in [-0.15, -0.1) is 12.4 Å². The van der Waals surface area contributed by atoms with E-state index in [1.54, 1.807) is 6.92 Å². The van der Waals surface area contributed by atoms with Gasteiger partial charge in [-0.05, 0) is 31.0 Å². The van der Waals surface area contributed by atoms with Crippen LogP contribution in [0.2, 0.25) is 0 Å². The van der Waals surface area contributed by atoms with Crippen molar-refractivity contribution in [3.63, 3.8) is 0 Å². The summed E-state index contributed by atoms with van der Waals surface area (Å²) in [6, 6.07) is 2.61. The van der Waals surface area contributed by atoms with E-state index in [0.29, 0.717) is 12.8 Å². The van der Waals surface area contributed by atoms with Crippen LogP contribution in [0, 0.1) is 5.82 Å². The van der Waals surface area contributed by atoms with Crippen molar-refractivity contribution in [2.75, 3.05) is 17.0 Å². The molecule has 7 nitrogen and oxygen atoms in total.